The zero-order chi connectivity index (χ0) is 15.4. The number of nitrogens with zero attached hydrogens (tertiary/aromatic N) is 1. The second-order valence-corrected chi connectivity index (χ2v) is 5.27. The van der Waals surface area contributed by atoms with Crippen molar-refractivity contribution in [2.75, 3.05) is 20.6 Å². The molecule has 1 atom stereocenters. The Hall–Kier alpha value is -1.42. The Balaban J connectivity index is 3.82. The van der Waals surface area contributed by atoms with Crippen LogP contribution in [0.1, 0.15) is 39.5 Å². The highest BCUT2D eigenvalue weighted by atomic mass is 16.1. The van der Waals surface area contributed by atoms with Crippen molar-refractivity contribution in [1.29, 1.82) is 0 Å². The summed E-state index contributed by atoms with van der Waals surface area (Å²) in [6.07, 6.45) is 10.1. The fraction of sp³-hybridized carbons (Fsp3) is 0.625. The molecule has 1 unspecified atom stereocenters. The summed E-state index contributed by atoms with van der Waals surface area (Å²) in [7, 11) is 3.91. The highest BCUT2D eigenvalue weighted by Crippen LogP contribution is 1.99. The average Bonchev–Trinajstić information content (AvgIpc) is 2.34. The van der Waals surface area contributed by atoms with Crippen molar-refractivity contribution in [3.8, 4) is 0 Å². The third-order valence-electron chi connectivity index (χ3n) is 2.69. The van der Waals surface area contributed by atoms with E-state index < -0.39 is 0 Å². The van der Waals surface area contributed by atoms with Gasteiger partial charge >= 0.3 is 0 Å². The molecule has 4 heteroatoms. The zero-order valence-electron chi connectivity index (χ0n) is 13.2. The Morgan fingerprint density at radius 2 is 1.90 bits per heavy atom. The third kappa shape index (κ3) is 11.7. The first-order chi connectivity index (χ1) is 9.45. The second kappa shape index (κ2) is 11.4. The first-order valence-corrected chi connectivity index (χ1v) is 7.26. The lowest BCUT2D eigenvalue weighted by atomic mass is 10.1. The van der Waals surface area contributed by atoms with E-state index >= 15 is 0 Å². The van der Waals surface area contributed by atoms with Crippen LogP contribution in [0.2, 0.25) is 0 Å². The minimum Gasteiger partial charge on any atom is -0.350 e. The van der Waals surface area contributed by atoms with E-state index in [-0.39, 0.29) is 17.7 Å². The molecular formula is C16H28N2O2. The Morgan fingerprint density at radius 3 is 2.50 bits per heavy atom. The number of hydrogen-bond donors (Lipinski definition) is 1. The topological polar surface area (TPSA) is 49.4 Å². The first-order valence-electron chi connectivity index (χ1n) is 7.26. The number of rotatable bonds is 10. The van der Waals surface area contributed by atoms with Gasteiger partial charge in [-0.3, -0.25) is 9.59 Å². The van der Waals surface area contributed by atoms with Gasteiger partial charge in [0, 0.05) is 25.1 Å². The van der Waals surface area contributed by atoms with Gasteiger partial charge in [-0.1, -0.05) is 19.1 Å². The number of nitrogens with one attached hydrogen (secondary N) is 1. The molecule has 0 heterocycles. The Labute approximate surface area is 122 Å². The van der Waals surface area contributed by atoms with Gasteiger partial charge in [0.15, 0.2) is 5.78 Å². The summed E-state index contributed by atoms with van der Waals surface area (Å²) < 4.78 is 0. The molecule has 0 spiro atoms. The molecule has 0 aliphatic carbocycles. The molecule has 0 aromatic rings. The molecule has 0 aliphatic rings. The van der Waals surface area contributed by atoms with Gasteiger partial charge in [0.25, 0.3) is 0 Å². The van der Waals surface area contributed by atoms with Gasteiger partial charge in [-0.15, -0.1) is 0 Å². The van der Waals surface area contributed by atoms with Crippen LogP contribution in [-0.4, -0.2) is 43.3 Å². The van der Waals surface area contributed by atoms with Crippen LogP contribution in [0.3, 0.4) is 0 Å². The maximum absolute atomic E-state index is 11.6. The number of allylic oxidation sites excluding steroid dienone is 2. The average molecular weight is 280 g/mol. The summed E-state index contributed by atoms with van der Waals surface area (Å²) in [5.41, 5.74) is 0. The van der Waals surface area contributed by atoms with Crippen LogP contribution >= 0.6 is 0 Å². The summed E-state index contributed by atoms with van der Waals surface area (Å²) in [4.78, 5) is 24.8. The van der Waals surface area contributed by atoms with E-state index in [0.717, 1.165) is 25.8 Å². The van der Waals surface area contributed by atoms with Gasteiger partial charge in [-0.05, 0) is 46.4 Å². The summed E-state index contributed by atoms with van der Waals surface area (Å²) in [6.45, 7) is 4.72. The van der Waals surface area contributed by atoms with E-state index in [9.17, 15) is 9.59 Å². The van der Waals surface area contributed by atoms with Crippen LogP contribution in [0.15, 0.2) is 24.3 Å². The first kappa shape index (κ1) is 18.6. The quantitative estimate of drug-likeness (QED) is 0.625. The SMILES string of the molecule is CCCC(=O)/C=C/CCC(C)NC(=O)/C=C/CN(C)C. The van der Waals surface area contributed by atoms with Crippen LogP contribution in [0, 0.1) is 0 Å². The number of carbonyl (C=O) groups excluding carboxylic acids is 2. The molecule has 0 radical (unpaired) electrons. The molecule has 0 fully saturated rings. The Kier molecular flexibility index (Phi) is 10.6. The molecule has 20 heavy (non-hydrogen) atoms. The van der Waals surface area contributed by atoms with Gasteiger partial charge in [-0.2, -0.15) is 0 Å². The van der Waals surface area contributed by atoms with E-state index in [1.807, 2.05) is 45.0 Å². The Bertz CT molecular complexity index is 346. The maximum Gasteiger partial charge on any atom is 0.243 e. The van der Waals surface area contributed by atoms with Crippen LogP contribution < -0.4 is 5.32 Å². The standard InChI is InChI=1S/C16H28N2O2/c1-5-9-15(19)11-7-6-10-14(2)17-16(20)12-8-13-18(3)4/h7-8,11-12,14H,5-6,9-10,13H2,1-4H3,(H,17,20)/b11-7+,12-8+. The van der Waals surface area contributed by atoms with Gasteiger partial charge in [0.05, 0.1) is 0 Å². The van der Waals surface area contributed by atoms with Gasteiger partial charge < -0.3 is 10.2 Å². The molecule has 0 aromatic carbocycles. The number of hydrogen-bond acceptors (Lipinski definition) is 3. The van der Waals surface area contributed by atoms with Gasteiger partial charge in [0.2, 0.25) is 5.91 Å². The third-order valence-corrected chi connectivity index (χ3v) is 2.69. The smallest absolute Gasteiger partial charge is 0.243 e. The predicted octanol–water partition coefficient (Wildman–Crippen LogP) is 2.31. The largest absolute Gasteiger partial charge is 0.350 e. The number of ketones is 1. The number of likely N-dealkylation sites (N-methyl/N-ethyl adjacent to an activating group) is 1. The summed E-state index contributed by atoms with van der Waals surface area (Å²) in [5, 5.41) is 2.90. The molecule has 0 rings (SSSR count). The van der Waals surface area contributed by atoms with Crippen molar-refractivity contribution >= 4 is 11.7 Å². The fourth-order valence-corrected chi connectivity index (χ4v) is 1.62. The molecular weight excluding hydrogens is 252 g/mol. The van der Waals surface area contributed by atoms with Crippen LogP contribution in [0.5, 0.6) is 0 Å². The van der Waals surface area contributed by atoms with E-state index in [1.54, 1.807) is 12.2 Å². The van der Waals surface area contributed by atoms with Crippen LogP contribution in [-0.2, 0) is 9.59 Å². The van der Waals surface area contributed by atoms with Crippen molar-refractivity contribution in [2.24, 2.45) is 0 Å². The summed E-state index contributed by atoms with van der Waals surface area (Å²) in [5.74, 6) is 0.112. The molecule has 0 bridgehead atoms. The van der Waals surface area contributed by atoms with Gasteiger partial charge in [-0.25, -0.2) is 0 Å². The zero-order valence-corrected chi connectivity index (χ0v) is 13.2. The lowest BCUT2D eigenvalue weighted by Crippen LogP contribution is -2.31. The van der Waals surface area contributed by atoms with Crippen molar-refractivity contribution in [3.63, 3.8) is 0 Å². The molecule has 1 N–H and O–H groups in total. The minimum absolute atomic E-state index is 0.0645. The highest BCUT2D eigenvalue weighted by Gasteiger charge is 2.03. The molecule has 0 aromatic heterocycles. The minimum atomic E-state index is -0.0645. The van der Waals surface area contributed by atoms with Crippen molar-refractivity contribution in [2.45, 2.75) is 45.6 Å². The summed E-state index contributed by atoms with van der Waals surface area (Å²) in [6, 6.07) is 0.109. The Morgan fingerprint density at radius 1 is 1.20 bits per heavy atom. The molecule has 114 valence electrons. The molecule has 1 amide bonds. The van der Waals surface area contributed by atoms with Crippen LogP contribution in [0.4, 0.5) is 0 Å². The maximum atomic E-state index is 11.6. The van der Waals surface area contributed by atoms with Crippen LogP contribution in [0.25, 0.3) is 0 Å². The van der Waals surface area contributed by atoms with E-state index in [2.05, 4.69) is 5.32 Å². The van der Waals surface area contributed by atoms with E-state index in [0.29, 0.717) is 6.42 Å². The van der Waals surface area contributed by atoms with Crippen molar-refractivity contribution < 1.29 is 9.59 Å². The normalized spacial score (nSPS) is 13.2. The second-order valence-electron chi connectivity index (χ2n) is 5.27. The molecule has 0 aliphatic heterocycles. The van der Waals surface area contributed by atoms with E-state index in [4.69, 9.17) is 0 Å². The lowest BCUT2D eigenvalue weighted by Gasteiger charge is -2.11. The van der Waals surface area contributed by atoms with Crippen molar-refractivity contribution in [3.05, 3.63) is 24.3 Å². The fourth-order valence-electron chi connectivity index (χ4n) is 1.62. The van der Waals surface area contributed by atoms with E-state index in [1.165, 1.54) is 0 Å². The molecule has 0 saturated heterocycles. The summed E-state index contributed by atoms with van der Waals surface area (Å²) >= 11 is 0. The number of amides is 1. The molecule has 0 saturated carbocycles. The molecule has 4 nitrogen and oxygen atoms in total. The lowest BCUT2D eigenvalue weighted by molar-refractivity contribution is -0.117. The highest BCUT2D eigenvalue weighted by molar-refractivity contribution is 5.89. The number of carbonyl (C=O) groups is 2. The predicted molar refractivity (Wildman–Crippen MR) is 83.6 cm³/mol. The van der Waals surface area contributed by atoms with Crippen molar-refractivity contribution in [1.82, 2.24) is 10.2 Å². The monoisotopic (exact) mass is 280 g/mol. The van der Waals surface area contributed by atoms with Gasteiger partial charge in [0.1, 0.15) is 0 Å².